The van der Waals surface area contributed by atoms with E-state index in [1.54, 1.807) is 17.0 Å². The summed E-state index contributed by atoms with van der Waals surface area (Å²) >= 11 is 0. The minimum absolute atomic E-state index is 0.0256. The first-order chi connectivity index (χ1) is 19.4. The number of hydrogen-bond donors (Lipinski definition) is 2. The number of carbonyl (C=O) groups excluding carboxylic acids is 2. The van der Waals surface area contributed by atoms with E-state index < -0.39 is 0 Å². The normalized spacial score (nSPS) is 14.3. The second-order valence-electron chi connectivity index (χ2n) is 9.90. The summed E-state index contributed by atoms with van der Waals surface area (Å²) in [5, 5.41) is 2.72. The Labute approximate surface area is 241 Å². The number of aryl methyl sites for hydroxylation is 1. The van der Waals surface area contributed by atoms with Crippen LogP contribution in [-0.2, 0) is 4.79 Å². The van der Waals surface area contributed by atoms with Gasteiger partial charge in [0.15, 0.2) is 0 Å². The van der Waals surface area contributed by atoms with Gasteiger partial charge in [-0.2, -0.15) is 0 Å². The molecule has 1 aliphatic heterocycles. The Kier molecular flexibility index (Phi) is 14.7. The molecule has 6 nitrogen and oxygen atoms in total. The number of rotatable bonds is 5. The lowest BCUT2D eigenvalue weighted by molar-refractivity contribution is -0.131. The maximum Gasteiger partial charge on any atom is 0.251 e. The molecule has 1 heterocycles. The number of amides is 2. The van der Waals surface area contributed by atoms with E-state index in [-0.39, 0.29) is 18.4 Å². The lowest BCUT2D eigenvalue weighted by atomic mass is 10.0. The summed E-state index contributed by atoms with van der Waals surface area (Å²) in [4.78, 5) is 28.4. The molecule has 0 bridgehead atoms. The van der Waals surface area contributed by atoms with Gasteiger partial charge in [0.25, 0.3) is 5.91 Å². The molecule has 2 amide bonds. The third kappa shape index (κ3) is 11.3. The van der Waals surface area contributed by atoms with Crippen molar-refractivity contribution in [1.29, 1.82) is 0 Å². The number of nitrogens with zero attached hydrogens (tertiary/aromatic N) is 2. The number of benzene rings is 3. The number of likely N-dealkylation sites (N-methyl/N-ethyl adjacent to an activating group) is 1. The summed E-state index contributed by atoms with van der Waals surface area (Å²) in [5.41, 5.74) is 10.5. The summed E-state index contributed by atoms with van der Waals surface area (Å²) in [6.45, 7) is 12.0. The third-order valence-corrected chi connectivity index (χ3v) is 6.64. The average molecular weight is 545 g/mol. The van der Waals surface area contributed by atoms with Crippen molar-refractivity contribution in [3.63, 3.8) is 0 Å². The van der Waals surface area contributed by atoms with Crippen LogP contribution < -0.4 is 11.1 Å². The van der Waals surface area contributed by atoms with Crippen LogP contribution in [0.15, 0.2) is 78.9 Å². The molecule has 2 fully saturated rings. The zero-order valence-electron chi connectivity index (χ0n) is 25.0. The molecule has 2 aliphatic rings. The van der Waals surface area contributed by atoms with Gasteiger partial charge in [-0.3, -0.25) is 9.59 Å². The monoisotopic (exact) mass is 544 g/mol. The highest BCUT2D eigenvalue weighted by molar-refractivity contribution is 5.96. The first-order valence-electron chi connectivity index (χ1n) is 14.6. The summed E-state index contributed by atoms with van der Waals surface area (Å²) in [6, 6.07) is 26.4. The minimum Gasteiger partial charge on any atom is -0.343 e. The van der Waals surface area contributed by atoms with Crippen LogP contribution in [0.3, 0.4) is 0 Å². The van der Waals surface area contributed by atoms with Crippen LogP contribution in [0, 0.1) is 6.92 Å². The summed E-state index contributed by atoms with van der Waals surface area (Å²) in [5.74, 6) is 0.657. The van der Waals surface area contributed by atoms with E-state index in [9.17, 15) is 9.59 Å². The van der Waals surface area contributed by atoms with E-state index in [0.29, 0.717) is 5.56 Å². The highest BCUT2D eigenvalue weighted by Gasteiger charge is 2.22. The van der Waals surface area contributed by atoms with Crippen molar-refractivity contribution < 1.29 is 9.59 Å². The van der Waals surface area contributed by atoms with Gasteiger partial charge >= 0.3 is 0 Å². The lowest BCUT2D eigenvalue weighted by Gasteiger charge is -2.32. The molecule has 3 aromatic rings. The highest BCUT2D eigenvalue weighted by Crippen LogP contribution is 2.39. The van der Waals surface area contributed by atoms with Crippen molar-refractivity contribution >= 4 is 11.8 Å². The molecular weight excluding hydrogens is 496 g/mol. The largest absolute Gasteiger partial charge is 0.343 e. The number of carbonyl (C=O) groups is 2. The fourth-order valence-corrected chi connectivity index (χ4v) is 4.13. The topological polar surface area (TPSA) is 78.7 Å². The molecule has 1 saturated heterocycles. The molecule has 1 saturated carbocycles. The van der Waals surface area contributed by atoms with Crippen molar-refractivity contribution in [2.24, 2.45) is 5.73 Å². The molecule has 5 rings (SSSR count). The number of nitrogens with one attached hydrogen (secondary N) is 1. The van der Waals surface area contributed by atoms with Crippen molar-refractivity contribution in [3.05, 3.63) is 95.6 Å². The molecule has 3 aromatic carbocycles. The molecule has 0 unspecified atom stereocenters. The van der Waals surface area contributed by atoms with Crippen molar-refractivity contribution in [2.45, 2.75) is 46.5 Å². The van der Waals surface area contributed by atoms with Crippen molar-refractivity contribution in [2.75, 3.05) is 46.3 Å². The van der Waals surface area contributed by atoms with Gasteiger partial charge in [-0.05, 0) is 68.1 Å². The molecule has 216 valence electrons. The number of piperazine rings is 1. The summed E-state index contributed by atoms with van der Waals surface area (Å²) in [6.07, 6.45) is 2.81. The van der Waals surface area contributed by atoms with Crippen LogP contribution in [0.2, 0.25) is 0 Å². The van der Waals surface area contributed by atoms with Crippen LogP contribution in [0.25, 0.3) is 11.1 Å². The third-order valence-electron chi connectivity index (χ3n) is 6.64. The SMILES string of the molecule is CC.CCN.CN1CCN(C(=O)CNC(=O)c2ccc(-c3ccccc3)cc2)CC1.Cc1ccc(C2CC2)cc1. The van der Waals surface area contributed by atoms with Crippen LogP contribution >= 0.6 is 0 Å². The van der Waals surface area contributed by atoms with Crippen molar-refractivity contribution in [1.82, 2.24) is 15.1 Å². The Hall–Kier alpha value is -3.48. The fraction of sp³-hybridized carbons (Fsp3) is 0.412. The van der Waals surface area contributed by atoms with Crippen LogP contribution in [0.4, 0.5) is 0 Å². The molecular formula is C34H48N4O2. The molecule has 6 heteroatoms. The predicted octanol–water partition coefficient (Wildman–Crippen LogP) is 5.72. The summed E-state index contributed by atoms with van der Waals surface area (Å²) < 4.78 is 0. The van der Waals surface area contributed by atoms with Gasteiger partial charge in [-0.25, -0.2) is 0 Å². The summed E-state index contributed by atoms with van der Waals surface area (Å²) in [7, 11) is 2.04. The molecule has 1 aliphatic carbocycles. The molecule has 40 heavy (non-hydrogen) atoms. The Morgan fingerprint density at radius 2 is 1.35 bits per heavy atom. The van der Waals surface area contributed by atoms with Gasteiger partial charge in [-0.1, -0.05) is 93.1 Å². The van der Waals surface area contributed by atoms with Crippen LogP contribution in [-0.4, -0.2) is 67.9 Å². The van der Waals surface area contributed by atoms with Gasteiger partial charge in [0.2, 0.25) is 5.91 Å². The second kappa shape index (κ2) is 18.0. The van der Waals surface area contributed by atoms with Crippen molar-refractivity contribution in [3.8, 4) is 11.1 Å². The van der Waals surface area contributed by atoms with Gasteiger partial charge in [0.05, 0.1) is 6.54 Å². The quantitative estimate of drug-likeness (QED) is 0.431. The molecule has 0 aromatic heterocycles. The van der Waals surface area contributed by atoms with Gasteiger partial charge in [0, 0.05) is 31.7 Å². The zero-order chi connectivity index (χ0) is 29.3. The van der Waals surface area contributed by atoms with Crippen LogP contribution in [0.5, 0.6) is 0 Å². The number of nitrogens with two attached hydrogens (primary N) is 1. The average Bonchev–Trinajstić information content (AvgIpc) is 3.85. The number of hydrogen-bond acceptors (Lipinski definition) is 4. The van der Waals surface area contributed by atoms with Gasteiger partial charge in [-0.15, -0.1) is 0 Å². The Balaban J connectivity index is 0.000000307. The minimum atomic E-state index is -0.220. The molecule has 3 N–H and O–H groups in total. The van der Waals surface area contributed by atoms with E-state index >= 15 is 0 Å². The molecule has 0 spiro atoms. The Morgan fingerprint density at radius 3 is 1.88 bits per heavy atom. The van der Waals surface area contributed by atoms with E-state index in [1.165, 1.54) is 24.0 Å². The molecule has 0 atom stereocenters. The maximum atomic E-state index is 12.2. The van der Waals surface area contributed by atoms with E-state index in [0.717, 1.165) is 49.8 Å². The second-order valence-corrected chi connectivity index (χ2v) is 9.90. The van der Waals surface area contributed by atoms with Gasteiger partial charge < -0.3 is 20.9 Å². The van der Waals surface area contributed by atoms with E-state index in [1.807, 2.05) is 70.3 Å². The molecule has 0 radical (unpaired) electrons. The lowest BCUT2D eigenvalue weighted by Crippen LogP contribution is -2.50. The van der Waals surface area contributed by atoms with Gasteiger partial charge in [0.1, 0.15) is 0 Å². The standard InChI is InChI=1S/C20H23N3O2.C10H12.C2H7N.C2H6/c1-22-11-13-23(14-12-22)19(24)15-21-20(25)18-9-7-17(8-10-18)16-5-3-2-4-6-16;1-8-2-4-9(5-3-8)10-6-7-10;1-2-3;1-2/h2-10H,11-15H2,1H3,(H,21,25);2-5,10H,6-7H2,1H3;2-3H2,1H3;1-2H3. The maximum absolute atomic E-state index is 12.2. The van der Waals surface area contributed by atoms with E-state index in [2.05, 4.69) is 41.4 Å². The highest BCUT2D eigenvalue weighted by atomic mass is 16.2. The Bertz CT molecular complexity index is 1120. The predicted molar refractivity (Wildman–Crippen MR) is 168 cm³/mol. The van der Waals surface area contributed by atoms with E-state index in [4.69, 9.17) is 5.73 Å². The smallest absolute Gasteiger partial charge is 0.251 e. The zero-order valence-corrected chi connectivity index (χ0v) is 25.0. The Morgan fingerprint density at radius 1 is 0.825 bits per heavy atom. The first-order valence-corrected chi connectivity index (χ1v) is 14.6. The first kappa shape index (κ1) is 32.7. The van der Waals surface area contributed by atoms with Crippen LogP contribution in [0.1, 0.15) is 61.0 Å². The fourth-order valence-electron chi connectivity index (χ4n) is 4.13.